The fourth-order valence-corrected chi connectivity index (χ4v) is 1.52. The van der Waals surface area contributed by atoms with Gasteiger partial charge < -0.3 is 15.2 Å². The fraction of sp³-hybridized carbons (Fsp3) is 0.636. The summed E-state index contributed by atoms with van der Waals surface area (Å²) in [4.78, 5) is 25.2. The molecule has 1 aromatic rings. The van der Waals surface area contributed by atoms with Crippen LogP contribution in [0.4, 0.5) is 0 Å². The molecule has 102 valence electrons. The van der Waals surface area contributed by atoms with Crippen LogP contribution < -0.4 is 17.0 Å². The van der Waals surface area contributed by atoms with E-state index in [4.69, 9.17) is 15.2 Å². The monoisotopic (exact) mass is 257 g/mol. The minimum Gasteiger partial charge on any atom is -0.351 e. The van der Waals surface area contributed by atoms with E-state index in [1.807, 2.05) is 13.8 Å². The minimum atomic E-state index is -0.519. The predicted molar refractivity (Wildman–Crippen MR) is 66.3 cm³/mol. The largest absolute Gasteiger partial charge is 0.351 e. The third kappa shape index (κ3) is 3.80. The molecule has 0 aliphatic rings. The molecule has 0 fully saturated rings. The molecule has 0 unspecified atom stereocenters. The van der Waals surface area contributed by atoms with E-state index in [0.717, 1.165) is 0 Å². The van der Waals surface area contributed by atoms with Crippen molar-refractivity contribution in [3.8, 4) is 0 Å². The molecule has 0 spiro atoms. The first kappa shape index (κ1) is 14.6. The van der Waals surface area contributed by atoms with Crippen LogP contribution in [0.3, 0.4) is 0 Å². The second-order valence-electron chi connectivity index (χ2n) is 3.61. The number of hydrogen-bond acceptors (Lipinski definition) is 5. The molecule has 1 aromatic heterocycles. The van der Waals surface area contributed by atoms with Gasteiger partial charge in [-0.3, -0.25) is 14.3 Å². The van der Waals surface area contributed by atoms with Crippen molar-refractivity contribution >= 4 is 0 Å². The SMILES string of the molecule is CCOC(Cn1cc(CN)c(=O)[nH]c1=O)OCC. The van der Waals surface area contributed by atoms with Gasteiger partial charge in [-0.05, 0) is 13.8 Å². The minimum absolute atomic E-state index is 0.0730. The lowest BCUT2D eigenvalue weighted by Gasteiger charge is -2.18. The number of nitrogens with zero attached hydrogens (tertiary/aromatic N) is 1. The predicted octanol–water partition coefficient (Wildman–Crippen LogP) is -0.606. The highest BCUT2D eigenvalue weighted by molar-refractivity contribution is 5.03. The number of ether oxygens (including phenoxy) is 2. The quantitative estimate of drug-likeness (QED) is 0.635. The van der Waals surface area contributed by atoms with Crippen molar-refractivity contribution in [1.29, 1.82) is 0 Å². The molecule has 0 aromatic carbocycles. The number of aromatic nitrogens is 2. The van der Waals surface area contributed by atoms with Crippen molar-refractivity contribution in [2.75, 3.05) is 13.2 Å². The molecule has 0 radical (unpaired) electrons. The Morgan fingerprint density at radius 3 is 2.44 bits per heavy atom. The summed E-state index contributed by atoms with van der Waals surface area (Å²) in [6.45, 7) is 4.92. The Bertz CT molecular complexity index is 474. The molecule has 0 aliphatic heterocycles. The van der Waals surface area contributed by atoms with Crippen LogP contribution in [0, 0.1) is 0 Å². The molecule has 1 rings (SSSR count). The lowest BCUT2D eigenvalue weighted by molar-refractivity contribution is -0.144. The summed E-state index contributed by atoms with van der Waals surface area (Å²) in [5.41, 5.74) is 4.81. The average Bonchev–Trinajstić information content (AvgIpc) is 2.33. The van der Waals surface area contributed by atoms with E-state index in [2.05, 4.69) is 4.98 Å². The lowest BCUT2D eigenvalue weighted by Crippen LogP contribution is -2.36. The summed E-state index contributed by atoms with van der Waals surface area (Å²) >= 11 is 0. The first-order valence-electron chi connectivity index (χ1n) is 5.88. The molecule has 0 bridgehead atoms. The highest BCUT2D eigenvalue weighted by Gasteiger charge is 2.11. The molecule has 0 amide bonds. The van der Waals surface area contributed by atoms with Crippen molar-refractivity contribution < 1.29 is 9.47 Å². The van der Waals surface area contributed by atoms with Crippen LogP contribution >= 0.6 is 0 Å². The van der Waals surface area contributed by atoms with Crippen LogP contribution in [0.15, 0.2) is 15.8 Å². The molecule has 7 heteroatoms. The van der Waals surface area contributed by atoms with Gasteiger partial charge >= 0.3 is 5.69 Å². The Morgan fingerprint density at radius 1 is 1.33 bits per heavy atom. The zero-order valence-corrected chi connectivity index (χ0v) is 10.6. The molecular weight excluding hydrogens is 238 g/mol. The molecule has 1 heterocycles. The zero-order chi connectivity index (χ0) is 13.5. The van der Waals surface area contributed by atoms with Crippen molar-refractivity contribution in [2.24, 2.45) is 5.73 Å². The van der Waals surface area contributed by atoms with E-state index in [1.54, 1.807) is 0 Å². The smallest absolute Gasteiger partial charge is 0.328 e. The standard InChI is InChI=1S/C11H19N3O4/c1-3-17-9(18-4-2)7-14-6-8(5-12)10(15)13-11(14)16/h6,9H,3-5,7,12H2,1-2H3,(H,13,15,16). The maximum Gasteiger partial charge on any atom is 0.328 e. The molecule has 7 nitrogen and oxygen atoms in total. The van der Waals surface area contributed by atoms with E-state index in [-0.39, 0.29) is 13.1 Å². The van der Waals surface area contributed by atoms with Crippen molar-refractivity contribution in [2.45, 2.75) is 33.2 Å². The van der Waals surface area contributed by atoms with Crippen LogP contribution in [0.2, 0.25) is 0 Å². The van der Waals surface area contributed by atoms with E-state index in [9.17, 15) is 9.59 Å². The summed E-state index contributed by atoms with van der Waals surface area (Å²) in [7, 11) is 0. The van der Waals surface area contributed by atoms with Gasteiger partial charge in [0.05, 0.1) is 6.54 Å². The van der Waals surface area contributed by atoms with Crippen LogP contribution in [-0.4, -0.2) is 29.1 Å². The van der Waals surface area contributed by atoms with Gasteiger partial charge in [-0.15, -0.1) is 0 Å². The number of H-pyrrole nitrogens is 1. The third-order valence-electron chi connectivity index (χ3n) is 2.36. The number of nitrogens with one attached hydrogen (secondary N) is 1. The lowest BCUT2D eigenvalue weighted by atomic mass is 10.3. The summed E-state index contributed by atoms with van der Waals surface area (Å²) in [6, 6.07) is 0. The maximum atomic E-state index is 11.6. The van der Waals surface area contributed by atoms with Crippen LogP contribution in [0.5, 0.6) is 0 Å². The third-order valence-corrected chi connectivity index (χ3v) is 2.36. The van der Waals surface area contributed by atoms with Crippen molar-refractivity contribution in [3.05, 3.63) is 32.6 Å². The summed E-state index contributed by atoms with van der Waals surface area (Å²) in [5.74, 6) is 0. The molecular formula is C11H19N3O4. The van der Waals surface area contributed by atoms with E-state index >= 15 is 0 Å². The topological polar surface area (TPSA) is 99.3 Å². The van der Waals surface area contributed by atoms with Gasteiger partial charge in [-0.2, -0.15) is 0 Å². The van der Waals surface area contributed by atoms with Gasteiger partial charge in [-0.1, -0.05) is 0 Å². The molecule has 0 atom stereocenters. The van der Waals surface area contributed by atoms with Gasteiger partial charge in [0.2, 0.25) is 0 Å². The Morgan fingerprint density at radius 2 is 1.94 bits per heavy atom. The van der Waals surface area contributed by atoms with Gasteiger partial charge in [-0.25, -0.2) is 4.79 Å². The number of aromatic amines is 1. The summed E-state index contributed by atoms with van der Waals surface area (Å²) in [5, 5.41) is 0. The van der Waals surface area contributed by atoms with Gasteiger partial charge in [0.1, 0.15) is 0 Å². The number of rotatable bonds is 7. The summed E-state index contributed by atoms with van der Waals surface area (Å²) < 4.78 is 12.0. The van der Waals surface area contributed by atoms with Crippen molar-refractivity contribution in [3.63, 3.8) is 0 Å². The Hall–Kier alpha value is -1.44. The number of nitrogens with two attached hydrogens (primary N) is 1. The molecule has 0 aliphatic carbocycles. The van der Waals surface area contributed by atoms with Crippen LogP contribution in [-0.2, 0) is 22.6 Å². The molecule has 0 saturated carbocycles. The maximum absolute atomic E-state index is 11.6. The summed E-state index contributed by atoms with van der Waals surface area (Å²) in [6.07, 6.45) is 0.917. The van der Waals surface area contributed by atoms with Gasteiger partial charge in [0.25, 0.3) is 5.56 Å². The molecule has 3 N–H and O–H groups in total. The van der Waals surface area contributed by atoms with Crippen molar-refractivity contribution in [1.82, 2.24) is 9.55 Å². The zero-order valence-electron chi connectivity index (χ0n) is 10.6. The molecule has 18 heavy (non-hydrogen) atoms. The first-order valence-corrected chi connectivity index (χ1v) is 5.88. The van der Waals surface area contributed by atoms with Crippen LogP contribution in [0.25, 0.3) is 0 Å². The highest BCUT2D eigenvalue weighted by atomic mass is 16.7. The van der Waals surface area contributed by atoms with Gasteiger partial charge in [0.15, 0.2) is 6.29 Å². The second kappa shape index (κ2) is 7.10. The van der Waals surface area contributed by atoms with E-state index in [1.165, 1.54) is 10.8 Å². The Labute approximate surface area is 105 Å². The number of hydrogen-bond donors (Lipinski definition) is 2. The fourth-order valence-electron chi connectivity index (χ4n) is 1.52. The average molecular weight is 257 g/mol. The highest BCUT2D eigenvalue weighted by Crippen LogP contribution is 1.98. The van der Waals surface area contributed by atoms with Gasteiger partial charge in [0, 0.05) is 31.5 Å². The van der Waals surface area contributed by atoms with Crippen LogP contribution in [0.1, 0.15) is 19.4 Å². The normalized spacial score (nSPS) is 11.1. The Kier molecular flexibility index (Phi) is 5.76. The van der Waals surface area contributed by atoms with E-state index in [0.29, 0.717) is 18.8 Å². The Balaban J connectivity index is 2.94. The van der Waals surface area contributed by atoms with E-state index < -0.39 is 17.5 Å². The first-order chi connectivity index (χ1) is 8.62. The second-order valence-corrected chi connectivity index (χ2v) is 3.61. The molecule has 0 saturated heterocycles.